The molecule has 1 N–H and O–H groups in total. The minimum Gasteiger partial charge on any atom is -0.394 e. The summed E-state index contributed by atoms with van der Waals surface area (Å²) in [7, 11) is 0. The molecule has 234 valence electrons. The third-order valence-electron chi connectivity index (χ3n) is 9.69. The molecular weight excluding hydrogens is 594 g/mol. The van der Waals surface area contributed by atoms with Gasteiger partial charge in [-0.2, -0.15) is 0 Å². The summed E-state index contributed by atoms with van der Waals surface area (Å²) in [6.45, 7) is 14.4. The zero-order chi connectivity index (χ0) is 31.8. The van der Waals surface area contributed by atoms with E-state index in [9.17, 15) is 19.5 Å². The second-order valence-electron chi connectivity index (χ2n) is 12.2. The summed E-state index contributed by atoms with van der Waals surface area (Å²) in [6.07, 6.45) is 4.57. The second-order valence-corrected chi connectivity index (χ2v) is 14.1. The van der Waals surface area contributed by atoms with Crippen LogP contribution in [0.4, 0.5) is 5.69 Å². The smallest absolute Gasteiger partial charge is 0.251 e. The molecule has 5 rings (SSSR count). The van der Waals surface area contributed by atoms with Crippen LogP contribution < -0.4 is 4.90 Å². The highest BCUT2D eigenvalue weighted by atomic mass is 35.5. The van der Waals surface area contributed by atoms with Gasteiger partial charge >= 0.3 is 0 Å². The Hall–Kier alpha value is -3.07. The number of amides is 3. The van der Waals surface area contributed by atoms with Crippen LogP contribution in [0.25, 0.3) is 0 Å². The number of thioether (sulfide) groups is 1. The van der Waals surface area contributed by atoms with E-state index in [0.717, 1.165) is 17.5 Å². The Kier molecular flexibility index (Phi) is 9.64. The van der Waals surface area contributed by atoms with Crippen LogP contribution in [0.1, 0.15) is 37.8 Å². The fraction of sp³-hybridized carbons (Fsp3) is 0.457. The molecule has 1 spiro atoms. The first-order valence-electron chi connectivity index (χ1n) is 15.4. The lowest BCUT2D eigenvalue weighted by molar-refractivity contribution is -0.146. The number of likely N-dealkylation sites (tertiary alicyclic amines) is 1. The molecule has 44 heavy (non-hydrogen) atoms. The number of fused-ring (bicyclic) bond motifs is 1. The van der Waals surface area contributed by atoms with Crippen molar-refractivity contribution in [3.63, 3.8) is 0 Å². The van der Waals surface area contributed by atoms with Gasteiger partial charge in [-0.3, -0.25) is 14.4 Å². The maximum absolute atomic E-state index is 15.0. The van der Waals surface area contributed by atoms with Gasteiger partial charge in [0.05, 0.1) is 39.9 Å². The van der Waals surface area contributed by atoms with Crippen molar-refractivity contribution in [2.75, 3.05) is 24.6 Å². The number of aliphatic hydroxyl groups excluding tert-OH is 1. The van der Waals surface area contributed by atoms with Gasteiger partial charge in [0.2, 0.25) is 11.8 Å². The fourth-order valence-corrected chi connectivity index (χ4v) is 10.5. The molecule has 3 saturated heterocycles. The number of benzene rings is 2. The number of nitrogens with zero attached hydrogens (tertiary/aromatic N) is 3. The zero-order valence-electron chi connectivity index (χ0n) is 25.7. The molecule has 0 aromatic heterocycles. The summed E-state index contributed by atoms with van der Waals surface area (Å²) in [5.74, 6) is -1.86. The minimum atomic E-state index is -0.877. The minimum absolute atomic E-state index is 0.00875. The van der Waals surface area contributed by atoms with Gasteiger partial charge in [-0.05, 0) is 42.9 Å². The number of halogens is 1. The highest BCUT2D eigenvalue weighted by molar-refractivity contribution is 8.02. The molecule has 7 nitrogen and oxygen atoms in total. The number of aliphatic hydroxyl groups is 1. The SMILES string of the molecule is C=CCN(Cc1ccccc1)C(=O)[C@@H]1[C@H]2C(=O)N([C@@H](CC)CO)C(C(=O)N(CC=C)c3c(C)cccc3Cl)C23S[C@@H]1CC3C. The van der Waals surface area contributed by atoms with Crippen molar-refractivity contribution in [2.24, 2.45) is 17.8 Å². The molecular formula is C35H42ClN3O4S. The molecule has 0 saturated carbocycles. The van der Waals surface area contributed by atoms with Crippen molar-refractivity contribution in [1.82, 2.24) is 9.80 Å². The number of para-hydroxylation sites is 1. The number of carbonyl (C=O) groups excluding carboxylic acids is 3. The Morgan fingerprint density at radius 1 is 1.14 bits per heavy atom. The number of hydrogen-bond acceptors (Lipinski definition) is 5. The second kappa shape index (κ2) is 13.1. The number of carbonyl (C=O) groups is 3. The van der Waals surface area contributed by atoms with Gasteiger partial charge in [-0.25, -0.2) is 0 Å². The van der Waals surface area contributed by atoms with Crippen LogP contribution in [-0.4, -0.2) is 74.4 Å². The van der Waals surface area contributed by atoms with Crippen molar-refractivity contribution in [3.05, 3.63) is 90.0 Å². The van der Waals surface area contributed by atoms with E-state index in [-0.39, 0.29) is 42.0 Å². The summed E-state index contributed by atoms with van der Waals surface area (Å²) in [5, 5.41) is 10.8. The summed E-state index contributed by atoms with van der Waals surface area (Å²) in [5.41, 5.74) is 2.41. The Morgan fingerprint density at radius 2 is 1.84 bits per heavy atom. The molecule has 0 aliphatic carbocycles. The molecule has 3 aliphatic heterocycles. The monoisotopic (exact) mass is 635 g/mol. The number of rotatable bonds is 12. The molecule has 3 fully saturated rings. The van der Waals surface area contributed by atoms with Crippen LogP contribution in [0.5, 0.6) is 0 Å². The standard InChI is InChI=1S/C35H42ClN3O4S/c1-6-17-37(20-24-14-10-9-11-15-24)32(41)28-27-19-23(5)35(44-27)29(28)33(42)39(25(8-3)21-40)31(35)34(43)38(18-7-2)30-22(4)13-12-16-26(30)36/h6-7,9-16,23,25,27-29,31,40H,1-2,8,17-21H2,3-5H3/t23?,25-,27+,28-,29-,31?,35?/m0/s1. The zero-order valence-corrected chi connectivity index (χ0v) is 27.3. The number of anilines is 1. The molecule has 2 bridgehead atoms. The van der Waals surface area contributed by atoms with E-state index in [1.165, 1.54) is 0 Å². The van der Waals surface area contributed by atoms with Crippen LogP contribution in [0.3, 0.4) is 0 Å². The van der Waals surface area contributed by atoms with Gasteiger partial charge in [-0.15, -0.1) is 24.9 Å². The van der Waals surface area contributed by atoms with Crippen LogP contribution >= 0.6 is 23.4 Å². The van der Waals surface area contributed by atoms with E-state index >= 15 is 0 Å². The first-order chi connectivity index (χ1) is 21.2. The van der Waals surface area contributed by atoms with Gasteiger partial charge in [-0.1, -0.05) is 80.1 Å². The maximum atomic E-state index is 15.0. The molecule has 3 aliphatic rings. The van der Waals surface area contributed by atoms with E-state index in [2.05, 4.69) is 20.1 Å². The van der Waals surface area contributed by atoms with E-state index in [1.54, 1.807) is 44.7 Å². The Bertz CT molecular complexity index is 1410. The quantitative estimate of drug-likeness (QED) is 0.312. The van der Waals surface area contributed by atoms with Crippen LogP contribution in [0, 0.1) is 24.7 Å². The van der Waals surface area contributed by atoms with E-state index in [0.29, 0.717) is 30.2 Å². The number of aryl methyl sites for hydroxylation is 1. The van der Waals surface area contributed by atoms with Crippen molar-refractivity contribution < 1.29 is 19.5 Å². The first kappa shape index (κ1) is 32.3. The Morgan fingerprint density at radius 3 is 2.45 bits per heavy atom. The maximum Gasteiger partial charge on any atom is 0.251 e. The fourth-order valence-electron chi connectivity index (χ4n) is 7.76. The van der Waals surface area contributed by atoms with Crippen LogP contribution in [0.2, 0.25) is 5.02 Å². The van der Waals surface area contributed by atoms with Crippen molar-refractivity contribution >= 4 is 46.8 Å². The summed E-state index contributed by atoms with van der Waals surface area (Å²) in [4.78, 5) is 49.2. The molecule has 3 unspecified atom stereocenters. The lowest BCUT2D eigenvalue weighted by Gasteiger charge is -2.42. The highest BCUT2D eigenvalue weighted by Crippen LogP contribution is 2.69. The molecule has 3 amide bonds. The normalized spacial score (nSPS) is 27.6. The summed E-state index contributed by atoms with van der Waals surface area (Å²) < 4.78 is -0.830. The molecule has 2 aromatic rings. The van der Waals surface area contributed by atoms with Gasteiger partial charge in [0, 0.05) is 24.9 Å². The van der Waals surface area contributed by atoms with Gasteiger partial charge in [0.25, 0.3) is 5.91 Å². The highest BCUT2D eigenvalue weighted by Gasteiger charge is 2.77. The summed E-state index contributed by atoms with van der Waals surface area (Å²) >= 11 is 8.33. The average molecular weight is 636 g/mol. The lowest BCUT2D eigenvalue weighted by Crippen LogP contribution is -2.59. The van der Waals surface area contributed by atoms with Crippen molar-refractivity contribution in [1.29, 1.82) is 0 Å². The topological polar surface area (TPSA) is 81.2 Å². The summed E-state index contributed by atoms with van der Waals surface area (Å²) in [6, 6.07) is 13.9. The van der Waals surface area contributed by atoms with Gasteiger partial charge in [0.15, 0.2) is 0 Å². The van der Waals surface area contributed by atoms with E-state index in [4.69, 9.17) is 11.6 Å². The molecule has 0 radical (unpaired) electrons. The van der Waals surface area contributed by atoms with E-state index in [1.807, 2.05) is 56.3 Å². The molecule has 9 heteroatoms. The number of hydrogen-bond donors (Lipinski definition) is 1. The predicted molar refractivity (Wildman–Crippen MR) is 177 cm³/mol. The lowest BCUT2D eigenvalue weighted by atomic mass is 9.65. The largest absolute Gasteiger partial charge is 0.394 e. The third kappa shape index (κ3) is 5.19. The molecule has 7 atom stereocenters. The van der Waals surface area contributed by atoms with Crippen LogP contribution in [-0.2, 0) is 20.9 Å². The van der Waals surface area contributed by atoms with Gasteiger partial charge in [0.1, 0.15) is 6.04 Å². The third-order valence-corrected chi connectivity index (χ3v) is 12.1. The van der Waals surface area contributed by atoms with Crippen LogP contribution in [0.15, 0.2) is 73.8 Å². The predicted octanol–water partition coefficient (Wildman–Crippen LogP) is 5.49. The Labute approximate surface area is 269 Å². The first-order valence-corrected chi connectivity index (χ1v) is 16.6. The van der Waals surface area contributed by atoms with E-state index < -0.39 is 28.7 Å². The van der Waals surface area contributed by atoms with Crippen molar-refractivity contribution in [2.45, 2.75) is 62.2 Å². The van der Waals surface area contributed by atoms with Gasteiger partial charge < -0.3 is 19.8 Å². The Balaban J connectivity index is 1.61. The molecule has 2 aromatic carbocycles. The average Bonchev–Trinajstić information content (AvgIpc) is 3.61. The molecule has 3 heterocycles. The van der Waals surface area contributed by atoms with Crippen molar-refractivity contribution in [3.8, 4) is 0 Å².